The van der Waals surface area contributed by atoms with Crippen molar-refractivity contribution in [2.75, 3.05) is 0 Å². The summed E-state index contributed by atoms with van der Waals surface area (Å²) in [7, 11) is 0. The molecular formula is C13H16BrNO4. The maximum absolute atomic E-state index is 11.5. The van der Waals surface area contributed by atoms with E-state index in [1.807, 2.05) is 13.8 Å². The highest BCUT2D eigenvalue weighted by molar-refractivity contribution is 9.10. The number of non-ortho nitro benzene ring substituents is 1. The smallest absolute Gasteiger partial charge is 0.309 e. The van der Waals surface area contributed by atoms with Gasteiger partial charge >= 0.3 is 5.97 Å². The molecule has 0 aliphatic heterocycles. The van der Waals surface area contributed by atoms with Gasteiger partial charge in [-0.15, -0.1) is 0 Å². The predicted octanol–water partition coefficient (Wildman–Crippen LogP) is 3.79. The molecule has 0 heterocycles. The molecule has 0 aromatic heterocycles. The van der Waals surface area contributed by atoms with Gasteiger partial charge < -0.3 is 5.11 Å². The molecule has 0 bridgehead atoms. The number of hydrogen-bond donors (Lipinski definition) is 1. The molecule has 1 aromatic carbocycles. The van der Waals surface area contributed by atoms with E-state index < -0.39 is 16.3 Å². The first-order valence-corrected chi connectivity index (χ1v) is 6.81. The maximum atomic E-state index is 11.5. The average Bonchev–Trinajstić information content (AvgIpc) is 2.37. The van der Waals surface area contributed by atoms with Gasteiger partial charge in [0.25, 0.3) is 5.69 Å². The van der Waals surface area contributed by atoms with Crippen molar-refractivity contribution in [3.8, 4) is 0 Å². The van der Waals surface area contributed by atoms with E-state index in [2.05, 4.69) is 15.9 Å². The van der Waals surface area contributed by atoms with Gasteiger partial charge in [-0.3, -0.25) is 14.9 Å². The fourth-order valence-corrected chi connectivity index (χ4v) is 2.54. The van der Waals surface area contributed by atoms with Crippen molar-refractivity contribution in [1.82, 2.24) is 0 Å². The van der Waals surface area contributed by atoms with E-state index in [1.165, 1.54) is 12.1 Å². The van der Waals surface area contributed by atoms with E-state index in [0.29, 0.717) is 23.7 Å². The van der Waals surface area contributed by atoms with Gasteiger partial charge in [0, 0.05) is 16.6 Å². The van der Waals surface area contributed by atoms with Crippen molar-refractivity contribution < 1.29 is 14.8 Å². The third kappa shape index (κ3) is 3.32. The molecule has 0 radical (unpaired) electrons. The summed E-state index contributed by atoms with van der Waals surface area (Å²) in [6, 6.07) is 4.43. The SMILES string of the molecule is CCC(CC)(Cc1ccc([N+](=O)[O-])cc1Br)C(=O)O. The molecule has 1 rings (SSSR count). The molecule has 0 saturated heterocycles. The Bertz CT molecular complexity index is 497. The second kappa shape index (κ2) is 6.14. The normalized spacial score (nSPS) is 11.3. The van der Waals surface area contributed by atoms with E-state index in [-0.39, 0.29) is 5.69 Å². The lowest BCUT2D eigenvalue weighted by Gasteiger charge is -2.27. The molecule has 1 aromatic rings. The molecular weight excluding hydrogens is 314 g/mol. The van der Waals surface area contributed by atoms with Crippen LogP contribution in [0.2, 0.25) is 0 Å². The number of carbonyl (C=O) groups is 1. The average molecular weight is 330 g/mol. The summed E-state index contributed by atoms with van der Waals surface area (Å²) in [4.78, 5) is 21.6. The highest BCUT2D eigenvalue weighted by Crippen LogP contribution is 2.34. The van der Waals surface area contributed by atoms with Crippen LogP contribution in [0.1, 0.15) is 32.3 Å². The number of rotatable bonds is 6. The molecule has 0 saturated carbocycles. The summed E-state index contributed by atoms with van der Waals surface area (Å²) >= 11 is 3.28. The molecule has 19 heavy (non-hydrogen) atoms. The summed E-state index contributed by atoms with van der Waals surface area (Å²) in [5, 5.41) is 20.1. The van der Waals surface area contributed by atoms with E-state index >= 15 is 0 Å². The third-order valence-electron chi connectivity index (χ3n) is 3.58. The van der Waals surface area contributed by atoms with Crippen LogP contribution in [0, 0.1) is 15.5 Å². The first-order valence-electron chi connectivity index (χ1n) is 6.02. The van der Waals surface area contributed by atoms with Crippen molar-refractivity contribution in [1.29, 1.82) is 0 Å². The van der Waals surface area contributed by atoms with Crippen LogP contribution in [0.15, 0.2) is 22.7 Å². The Labute approximate surface area is 119 Å². The van der Waals surface area contributed by atoms with Crippen LogP contribution in [0.5, 0.6) is 0 Å². The molecule has 6 heteroatoms. The summed E-state index contributed by atoms with van der Waals surface area (Å²) in [6.07, 6.45) is 1.39. The van der Waals surface area contributed by atoms with Gasteiger partial charge in [0.2, 0.25) is 0 Å². The highest BCUT2D eigenvalue weighted by atomic mass is 79.9. The molecule has 104 valence electrons. The van der Waals surface area contributed by atoms with Crippen molar-refractivity contribution in [3.63, 3.8) is 0 Å². The van der Waals surface area contributed by atoms with Gasteiger partial charge in [0.1, 0.15) is 0 Å². The number of hydrogen-bond acceptors (Lipinski definition) is 3. The second-order valence-electron chi connectivity index (χ2n) is 4.50. The topological polar surface area (TPSA) is 80.4 Å². The van der Waals surface area contributed by atoms with E-state index in [1.54, 1.807) is 6.07 Å². The van der Waals surface area contributed by atoms with Crippen molar-refractivity contribution in [2.45, 2.75) is 33.1 Å². The van der Waals surface area contributed by atoms with E-state index in [0.717, 1.165) is 5.56 Å². The number of nitrogens with zero attached hydrogens (tertiary/aromatic N) is 1. The Balaban J connectivity index is 3.11. The van der Waals surface area contributed by atoms with E-state index in [9.17, 15) is 20.0 Å². The lowest BCUT2D eigenvalue weighted by atomic mass is 9.77. The van der Waals surface area contributed by atoms with Gasteiger partial charge in [-0.1, -0.05) is 35.8 Å². The molecule has 0 fully saturated rings. The van der Waals surface area contributed by atoms with Crippen molar-refractivity contribution in [2.24, 2.45) is 5.41 Å². The number of carboxylic acids is 1. The van der Waals surface area contributed by atoms with Crippen LogP contribution >= 0.6 is 15.9 Å². The quantitative estimate of drug-likeness (QED) is 0.635. The second-order valence-corrected chi connectivity index (χ2v) is 5.36. The Morgan fingerprint density at radius 3 is 2.37 bits per heavy atom. The lowest BCUT2D eigenvalue weighted by Crippen LogP contribution is -2.32. The number of aliphatic carboxylic acids is 1. The van der Waals surface area contributed by atoms with E-state index in [4.69, 9.17) is 0 Å². The summed E-state index contributed by atoms with van der Waals surface area (Å²) in [6.45, 7) is 3.69. The largest absolute Gasteiger partial charge is 0.481 e. The molecule has 0 atom stereocenters. The number of carboxylic acid groups (broad SMARTS) is 1. The molecule has 0 spiro atoms. The van der Waals surface area contributed by atoms with Crippen LogP contribution in [0.3, 0.4) is 0 Å². The fraction of sp³-hybridized carbons (Fsp3) is 0.462. The van der Waals surface area contributed by atoms with Gasteiger partial charge in [0.15, 0.2) is 0 Å². The minimum Gasteiger partial charge on any atom is -0.481 e. The van der Waals surface area contributed by atoms with Crippen molar-refractivity contribution in [3.05, 3.63) is 38.3 Å². The number of benzene rings is 1. The fourth-order valence-electron chi connectivity index (χ4n) is 2.04. The highest BCUT2D eigenvalue weighted by Gasteiger charge is 2.35. The minimum atomic E-state index is -0.831. The first-order chi connectivity index (χ1) is 8.86. The Morgan fingerprint density at radius 2 is 2.00 bits per heavy atom. The summed E-state index contributed by atoms with van der Waals surface area (Å²) in [5.41, 5.74) is -0.0557. The monoisotopic (exact) mass is 329 g/mol. The van der Waals surface area contributed by atoms with Gasteiger partial charge in [-0.25, -0.2) is 0 Å². The van der Waals surface area contributed by atoms with Gasteiger partial charge in [-0.05, 0) is 24.8 Å². The first kappa shape index (κ1) is 15.6. The summed E-state index contributed by atoms with van der Waals surface area (Å²) in [5.74, 6) is -0.831. The number of nitro benzene ring substituents is 1. The third-order valence-corrected chi connectivity index (χ3v) is 4.32. The Morgan fingerprint density at radius 1 is 1.42 bits per heavy atom. The zero-order valence-electron chi connectivity index (χ0n) is 10.9. The van der Waals surface area contributed by atoms with Crippen molar-refractivity contribution >= 4 is 27.6 Å². The van der Waals surface area contributed by atoms with Crippen LogP contribution in [0.4, 0.5) is 5.69 Å². The number of halogens is 1. The Hall–Kier alpha value is -1.43. The molecule has 0 aliphatic carbocycles. The lowest BCUT2D eigenvalue weighted by molar-refractivity contribution is -0.384. The van der Waals surface area contributed by atoms with Gasteiger partial charge in [0.05, 0.1) is 10.3 Å². The van der Waals surface area contributed by atoms with Crippen LogP contribution in [0.25, 0.3) is 0 Å². The predicted molar refractivity (Wildman–Crippen MR) is 75.2 cm³/mol. The minimum absolute atomic E-state index is 0.00968. The van der Waals surface area contributed by atoms with Crippen LogP contribution in [-0.2, 0) is 11.2 Å². The molecule has 0 amide bonds. The van der Waals surface area contributed by atoms with Crippen LogP contribution in [-0.4, -0.2) is 16.0 Å². The molecule has 0 aliphatic rings. The molecule has 1 N–H and O–H groups in total. The summed E-state index contributed by atoms with van der Waals surface area (Å²) < 4.78 is 0.578. The maximum Gasteiger partial charge on any atom is 0.309 e. The molecule has 0 unspecified atom stereocenters. The van der Waals surface area contributed by atoms with Gasteiger partial charge in [-0.2, -0.15) is 0 Å². The zero-order valence-corrected chi connectivity index (χ0v) is 12.4. The number of nitro groups is 1. The molecule has 5 nitrogen and oxygen atoms in total. The Kier molecular flexibility index (Phi) is 5.05. The van der Waals surface area contributed by atoms with Crippen LogP contribution < -0.4 is 0 Å². The standard InChI is InChI=1S/C13H16BrNO4/c1-3-13(4-2,12(16)17)8-9-5-6-10(15(18)19)7-11(9)14/h5-7H,3-4,8H2,1-2H3,(H,16,17). The zero-order chi connectivity index (χ0) is 14.6.